The molecule has 1 saturated heterocycles. The fourth-order valence-electron chi connectivity index (χ4n) is 2.93. The highest BCUT2D eigenvalue weighted by Crippen LogP contribution is 2.39. The Balaban J connectivity index is 1.74. The van der Waals surface area contributed by atoms with Gasteiger partial charge in [0.2, 0.25) is 0 Å². The zero-order valence-electron chi connectivity index (χ0n) is 17.9. The first-order chi connectivity index (χ1) is 15.3. The third-order valence-electron chi connectivity index (χ3n) is 4.61. The van der Waals surface area contributed by atoms with E-state index < -0.39 is 0 Å². The lowest BCUT2D eigenvalue weighted by molar-refractivity contribution is -0.121. The van der Waals surface area contributed by atoms with Crippen LogP contribution in [-0.2, 0) is 16.0 Å². The van der Waals surface area contributed by atoms with E-state index in [1.165, 1.54) is 22.2 Å². The van der Waals surface area contributed by atoms with Gasteiger partial charge in [-0.15, -0.1) is 0 Å². The van der Waals surface area contributed by atoms with Gasteiger partial charge in [-0.05, 0) is 70.7 Å². The maximum Gasteiger partial charge on any atom is 0.265 e. The number of halogens is 1. The van der Waals surface area contributed by atoms with E-state index in [4.69, 9.17) is 21.7 Å². The van der Waals surface area contributed by atoms with Crippen molar-refractivity contribution in [3.8, 4) is 11.5 Å². The van der Waals surface area contributed by atoms with Gasteiger partial charge in [0.05, 0.1) is 16.0 Å². The summed E-state index contributed by atoms with van der Waals surface area (Å²) in [6, 6.07) is 11.3. The molecule has 6 nitrogen and oxygen atoms in total. The highest BCUT2D eigenvalue weighted by Gasteiger charge is 2.28. The molecule has 2 aromatic rings. The lowest BCUT2D eigenvalue weighted by Gasteiger charge is -2.15. The zero-order chi connectivity index (χ0) is 23.3. The number of carbonyl (C=O) groups excluding carboxylic acids is 2. The molecule has 3 rings (SSSR count). The summed E-state index contributed by atoms with van der Waals surface area (Å²) < 4.78 is 12.6. The van der Waals surface area contributed by atoms with Crippen LogP contribution < -0.4 is 14.8 Å². The summed E-state index contributed by atoms with van der Waals surface area (Å²) in [6.45, 7) is 4.18. The summed E-state index contributed by atoms with van der Waals surface area (Å²) in [6.07, 6.45) is 2.70. The van der Waals surface area contributed by atoms with E-state index in [2.05, 4.69) is 28.2 Å². The Bertz CT molecular complexity index is 1070. The number of benzene rings is 2. The summed E-state index contributed by atoms with van der Waals surface area (Å²) in [5.41, 5.74) is 2.66. The molecule has 0 aromatic heterocycles. The number of carbonyl (C=O) groups is 2. The maximum absolute atomic E-state index is 12.4. The normalized spacial score (nSPS) is 14.8. The molecule has 0 spiro atoms. The number of nitrogens with one attached hydrogen (secondary N) is 1. The van der Waals surface area contributed by atoms with Gasteiger partial charge in [-0.25, -0.2) is 0 Å². The van der Waals surface area contributed by atoms with Crippen molar-refractivity contribution < 1.29 is 19.1 Å². The summed E-state index contributed by atoms with van der Waals surface area (Å²) in [5.74, 6) is 0.473. The molecule has 0 atom stereocenters. The number of nitrogens with zero attached hydrogens (tertiary/aromatic N) is 1. The number of hydrogen-bond donors (Lipinski definition) is 1. The van der Waals surface area contributed by atoms with Crippen LogP contribution in [0.3, 0.4) is 0 Å². The van der Waals surface area contributed by atoms with E-state index in [1.807, 2.05) is 31.2 Å². The molecule has 1 fully saturated rings. The number of likely N-dealkylation sites (N-methyl/N-ethyl adjacent to an activating group) is 1. The van der Waals surface area contributed by atoms with Crippen LogP contribution in [0.15, 0.2) is 45.8 Å². The Hall–Kier alpha value is -2.36. The van der Waals surface area contributed by atoms with Crippen LogP contribution in [0.4, 0.5) is 5.69 Å². The molecule has 9 heteroatoms. The Morgan fingerprint density at radius 3 is 2.53 bits per heavy atom. The number of hydrogen-bond acceptors (Lipinski definition) is 6. The molecule has 168 valence electrons. The third kappa shape index (κ3) is 5.90. The topological polar surface area (TPSA) is 67.9 Å². The lowest BCUT2D eigenvalue weighted by Crippen LogP contribution is -2.22. The molecule has 0 aliphatic carbocycles. The summed E-state index contributed by atoms with van der Waals surface area (Å²) in [7, 11) is 1.65. The van der Waals surface area contributed by atoms with Gasteiger partial charge in [0.25, 0.3) is 11.8 Å². The minimum Gasteiger partial charge on any atom is -0.490 e. The van der Waals surface area contributed by atoms with Crippen LogP contribution in [0.25, 0.3) is 6.08 Å². The van der Waals surface area contributed by atoms with Crippen LogP contribution in [0.5, 0.6) is 11.5 Å². The van der Waals surface area contributed by atoms with Gasteiger partial charge in [0.1, 0.15) is 4.32 Å². The van der Waals surface area contributed by atoms with Crippen LogP contribution in [-0.4, -0.2) is 41.3 Å². The summed E-state index contributed by atoms with van der Waals surface area (Å²) in [5, 5.41) is 2.82. The largest absolute Gasteiger partial charge is 0.490 e. The molecule has 1 aliphatic heterocycles. The fourth-order valence-corrected chi connectivity index (χ4v) is 4.68. The van der Waals surface area contributed by atoms with Gasteiger partial charge in [0.15, 0.2) is 18.1 Å². The number of anilines is 1. The fraction of sp³-hybridized carbons (Fsp3) is 0.261. The van der Waals surface area contributed by atoms with E-state index in [0.29, 0.717) is 37.5 Å². The second-order valence-electron chi connectivity index (χ2n) is 6.89. The van der Waals surface area contributed by atoms with E-state index in [0.717, 1.165) is 12.0 Å². The van der Waals surface area contributed by atoms with Crippen molar-refractivity contribution in [2.45, 2.75) is 20.3 Å². The standard InChI is InChI=1S/C23H23BrN2O4S2/c1-4-14-6-8-16(9-7-14)25-20(27)13-30-21-17(24)10-15(11-18(21)29-5-2)12-19-22(28)26(3)23(31)32-19/h6-12H,4-5,13H2,1-3H3,(H,25,27)/b19-12-. The lowest BCUT2D eigenvalue weighted by atomic mass is 10.1. The molecule has 2 aromatic carbocycles. The van der Waals surface area contributed by atoms with Gasteiger partial charge in [-0.2, -0.15) is 0 Å². The van der Waals surface area contributed by atoms with Crippen molar-refractivity contribution in [2.75, 3.05) is 25.6 Å². The van der Waals surface area contributed by atoms with E-state index in [-0.39, 0.29) is 18.4 Å². The maximum atomic E-state index is 12.4. The number of thioether (sulfide) groups is 1. The van der Waals surface area contributed by atoms with Crippen molar-refractivity contribution in [3.63, 3.8) is 0 Å². The first-order valence-corrected chi connectivity index (χ1v) is 12.0. The molecular formula is C23H23BrN2O4S2. The number of rotatable bonds is 8. The summed E-state index contributed by atoms with van der Waals surface area (Å²) in [4.78, 5) is 26.6. The zero-order valence-corrected chi connectivity index (χ0v) is 21.2. The molecule has 0 unspecified atom stereocenters. The highest BCUT2D eigenvalue weighted by atomic mass is 79.9. The van der Waals surface area contributed by atoms with Gasteiger partial charge in [-0.3, -0.25) is 14.5 Å². The second kappa shape index (κ2) is 11.0. The molecule has 1 N–H and O–H groups in total. The van der Waals surface area contributed by atoms with Gasteiger partial charge >= 0.3 is 0 Å². The Morgan fingerprint density at radius 2 is 1.94 bits per heavy atom. The summed E-state index contributed by atoms with van der Waals surface area (Å²) >= 11 is 9.93. The van der Waals surface area contributed by atoms with Crippen LogP contribution in [0.1, 0.15) is 25.0 Å². The molecule has 0 bridgehead atoms. The number of thiocarbonyl (C=S) groups is 1. The molecule has 2 amide bonds. The van der Waals surface area contributed by atoms with Crippen LogP contribution in [0.2, 0.25) is 0 Å². The molecule has 1 aliphatic rings. The number of aryl methyl sites for hydroxylation is 1. The Labute approximate surface area is 205 Å². The van der Waals surface area contributed by atoms with Crippen LogP contribution in [0, 0.1) is 0 Å². The molecule has 0 radical (unpaired) electrons. The van der Waals surface area contributed by atoms with Gasteiger partial charge in [0, 0.05) is 12.7 Å². The van der Waals surface area contributed by atoms with Crippen LogP contribution >= 0.6 is 39.9 Å². The van der Waals surface area contributed by atoms with Crippen molar-refractivity contribution >= 4 is 67.8 Å². The van der Waals surface area contributed by atoms with Crippen molar-refractivity contribution in [1.29, 1.82) is 0 Å². The second-order valence-corrected chi connectivity index (χ2v) is 9.42. The van der Waals surface area contributed by atoms with Crippen molar-refractivity contribution in [3.05, 3.63) is 56.9 Å². The quantitative estimate of drug-likeness (QED) is 0.368. The Kier molecular flexibility index (Phi) is 8.33. The molecule has 0 saturated carbocycles. The molecule has 1 heterocycles. The van der Waals surface area contributed by atoms with Crippen molar-refractivity contribution in [2.24, 2.45) is 0 Å². The monoisotopic (exact) mass is 534 g/mol. The van der Waals surface area contributed by atoms with Gasteiger partial charge in [-0.1, -0.05) is 43.0 Å². The van der Waals surface area contributed by atoms with E-state index in [9.17, 15) is 9.59 Å². The minimum absolute atomic E-state index is 0.141. The average Bonchev–Trinajstić information content (AvgIpc) is 3.00. The predicted molar refractivity (Wildman–Crippen MR) is 136 cm³/mol. The Morgan fingerprint density at radius 1 is 1.22 bits per heavy atom. The average molecular weight is 535 g/mol. The molecule has 32 heavy (non-hydrogen) atoms. The third-order valence-corrected chi connectivity index (χ3v) is 6.68. The highest BCUT2D eigenvalue weighted by molar-refractivity contribution is 9.10. The van der Waals surface area contributed by atoms with Crippen molar-refractivity contribution in [1.82, 2.24) is 4.90 Å². The van der Waals surface area contributed by atoms with Gasteiger partial charge < -0.3 is 14.8 Å². The molecular weight excluding hydrogens is 512 g/mol. The SMILES string of the molecule is CCOc1cc(/C=C2\SC(=S)N(C)C2=O)cc(Br)c1OCC(=O)Nc1ccc(CC)cc1. The predicted octanol–water partition coefficient (Wildman–Crippen LogP) is 5.26. The number of ether oxygens (including phenoxy) is 2. The first-order valence-electron chi connectivity index (χ1n) is 10.0. The van der Waals surface area contributed by atoms with E-state index in [1.54, 1.807) is 25.3 Å². The minimum atomic E-state index is -0.278. The smallest absolute Gasteiger partial charge is 0.265 e. The number of amides is 2. The first kappa shape index (κ1) is 24.3. The van der Waals surface area contributed by atoms with E-state index >= 15 is 0 Å².